The maximum Gasteiger partial charge on any atom is 0.303 e. The molecule has 0 unspecified atom stereocenters. The van der Waals surface area contributed by atoms with Crippen molar-refractivity contribution in [2.24, 2.45) is 11.8 Å². The Labute approximate surface area is 156 Å². The SMILES string of the molecule is CC/C=C\C/C=C\C[C@H](O)/C=C/[C@H]1C=CC(=O)[C@@H]1C/C=C\CCC(=O)O. The van der Waals surface area contributed by atoms with Gasteiger partial charge in [-0.3, -0.25) is 9.59 Å². The largest absolute Gasteiger partial charge is 0.481 e. The predicted molar refractivity (Wildman–Crippen MR) is 105 cm³/mol. The second-order valence-corrected chi connectivity index (χ2v) is 6.36. The van der Waals surface area contributed by atoms with E-state index in [9.17, 15) is 14.7 Å². The molecule has 0 aromatic heterocycles. The van der Waals surface area contributed by atoms with Crippen LogP contribution in [0.2, 0.25) is 0 Å². The highest BCUT2D eigenvalue weighted by atomic mass is 16.4. The lowest BCUT2D eigenvalue weighted by Gasteiger charge is -2.13. The van der Waals surface area contributed by atoms with Gasteiger partial charge in [-0.2, -0.15) is 0 Å². The minimum absolute atomic E-state index is 0.0160. The molecule has 0 aliphatic heterocycles. The first-order valence-electron chi connectivity index (χ1n) is 9.29. The molecule has 0 saturated heterocycles. The Hall–Kier alpha value is -2.20. The van der Waals surface area contributed by atoms with Crippen LogP contribution in [0.4, 0.5) is 0 Å². The van der Waals surface area contributed by atoms with Crippen molar-refractivity contribution in [1.29, 1.82) is 0 Å². The van der Waals surface area contributed by atoms with Gasteiger partial charge in [-0.25, -0.2) is 0 Å². The van der Waals surface area contributed by atoms with Crippen molar-refractivity contribution in [3.8, 4) is 0 Å². The summed E-state index contributed by atoms with van der Waals surface area (Å²) >= 11 is 0. The van der Waals surface area contributed by atoms with E-state index in [1.54, 1.807) is 12.2 Å². The zero-order valence-electron chi connectivity index (χ0n) is 15.5. The summed E-state index contributed by atoms with van der Waals surface area (Å²) in [5.41, 5.74) is 0. The highest BCUT2D eigenvalue weighted by Gasteiger charge is 2.27. The second kappa shape index (κ2) is 13.1. The third kappa shape index (κ3) is 9.33. The molecule has 0 fully saturated rings. The smallest absolute Gasteiger partial charge is 0.303 e. The van der Waals surface area contributed by atoms with Crippen LogP contribution >= 0.6 is 0 Å². The van der Waals surface area contributed by atoms with Gasteiger partial charge in [0.15, 0.2) is 5.78 Å². The first-order chi connectivity index (χ1) is 12.5. The van der Waals surface area contributed by atoms with Crippen LogP contribution in [0, 0.1) is 11.8 Å². The summed E-state index contributed by atoms with van der Waals surface area (Å²) in [6.07, 6.45) is 22.1. The van der Waals surface area contributed by atoms with Crippen LogP contribution in [0.25, 0.3) is 0 Å². The Kier molecular flexibility index (Phi) is 11.0. The Morgan fingerprint density at radius 2 is 1.96 bits per heavy atom. The number of carbonyl (C=O) groups is 2. The van der Waals surface area contributed by atoms with E-state index >= 15 is 0 Å². The Morgan fingerprint density at radius 3 is 2.69 bits per heavy atom. The van der Waals surface area contributed by atoms with Crippen LogP contribution < -0.4 is 0 Å². The van der Waals surface area contributed by atoms with Crippen LogP contribution in [0.1, 0.15) is 45.4 Å². The minimum atomic E-state index is -0.821. The van der Waals surface area contributed by atoms with Gasteiger partial charge in [0.2, 0.25) is 0 Å². The van der Waals surface area contributed by atoms with E-state index in [1.807, 2.05) is 36.5 Å². The fraction of sp³-hybridized carbons (Fsp3) is 0.455. The van der Waals surface area contributed by atoms with Crippen LogP contribution in [0.5, 0.6) is 0 Å². The summed E-state index contributed by atoms with van der Waals surface area (Å²) in [6, 6.07) is 0. The van der Waals surface area contributed by atoms with Crippen LogP contribution in [0.3, 0.4) is 0 Å². The molecular weight excluding hydrogens is 328 g/mol. The molecule has 0 amide bonds. The van der Waals surface area contributed by atoms with E-state index in [1.165, 1.54) is 0 Å². The summed E-state index contributed by atoms with van der Waals surface area (Å²) in [5.74, 6) is -0.912. The average molecular weight is 358 g/mol. The molecule has 1 aliphatic carbocycles. The molecule has 0 saturated carbocycles. The van der Waals surface area contributed by atoms with E-state index in [-0.39, 0.29) is 24.0 Å². The van der Waals surface area contributed by atoms with Crippen molar-refractivity contribution in [1.82, 2.24) is 0 Å². The van der Waals surface area contributed by atoms with Gasteiger partial charge in [-0.05, 0) is 38.2 Å². The van der Waals surface area contributed by atoms with E-state index in [0.717, 1.165) is 12.8 Å². The molecule has 1 aliphatic rings. The van der Waals surface area contributed by atoms with E-state index in [2.05, 4.69) is 19.1 Å². The van der Waals surface area contributed by atoms with Crippen molar-refractivity contribution in [3.05, 3.63) is 60.8 Å². The van der Waals surface area contributed by atoms with Gasteiger partial charge < -0.3 is 10.2 Å². The molecule has 0 aromatic rings. The molecule has 142 valence electrons. The Balaban J connectivity index is 2.41. The molecule has 1 rings (SSSR count). The maximum atomic E-state index is 12.0. The third-order valence-corrected chi connectivity index (χ3v) is 4.17. The predicted octanol–water partition coefficient (Wildman–Crippen LogP) is 4.39. The summed E-state index contributed by atoms with van der Waals surface area (Å²) in [6.45, 7) is 2.09. The Bertz CT molecular complexity index is 581. The summed E-state index contributed by atoms with van der Waals surface area (Å²) in [5, 5.41) is 18.6. The molecule has 4 heteroatoms. The van der Waals surface area contributed by atoms with Gasteiger partial charge in [0.1, 0.15) is 0 Å². The van der Waals surface area contributed by atoms with Crippen molar-refractivity contribution in [2.75, 3.05) is 0 Å². The molecule has 0 aromatic carbocycles. The highest BCUT2D eigenvalue weighted by molar-refractivity contribution is 5.95. The lowest BCUT2D eigenvalue weighted by molar-refractivity contribution is -0.136. The lowest BCUT2D eigenvalue weighted by atomic mass is 9.90. The number of aliphatic carboxylic acids is 1. The van der Waals surface area contributed by atoms with Crippen molar-refractivity contribution in [2.45, 2.75) is 51.6 Å². The van der Waals surface area contributed by atoms with Gasteiger partial charge >= 0.3 is 5.97 Å². The first kappa shape index (κ1) is 21.8. The number of hydrogen-bond acceptors (Lipinski definition) is 3. The molecule has 0 bridgehead atoms. The second-order valence-electron chi connectivity index (χ2n) is 6.36. The number of rotatable bonds is 12. The molecule has 4 nitrogen and oxygen atoms in total. The van der Waals surface area contributed by atoms with E-state index in [0.29, 0.717) is 19.3 Å². The number of allylic oxidation sites excluding steroid dienone is 8. The van der Waals surface area contributed by atoms with Crippen LogP contribution in [0.15, 0.2) is 60.8 Å². The number of aliphatic hydroxyl groups is 1. The fourth-order valence-electron chi connectivity index (χ4n) is 2.70. The minimum Gasteiger partial charge on any atom is -0.481 e. The number of hydrogen-bond donors (Lipinski definition) is 2. The molecular formula is C22H30O4. The number of ketones is 1. The van der Waals surface area contributed by atoms with Gasteiger partial charge in [-0.15, -0.1) is 0 Å². The van der Waals surface area contributed by atoms with Crippen molar-refractivity contribution in [3.63, 3.8) is 0 Å². The number of carbonyl (C=O) groups excluding carboxylic acids is 1. The number of carboxylic acid groups (broad SMARTS) is 1. The maximum absolute atomic E-state index is 12.0. The topological polar surface area (TPSA) is 74.6 Å². The third-order valence-electron chi connectivity index (χ3n) is 4.17. The fourth-order valence-corrected chi connectivity index (χ4v) is 2.70. The van der Waals surface area contributed by atoms with Crippen LogP contribution in [-0.4, -0.2) is 28.1 Å². The first-order valence-corrected chi connectivity index (χ1v) is 9.29. The van der Waals surface area contributed by atoms with Crippen molar-refractivity contribution < 1.29 is 19.8 Å². The number of aliphatic hydroxyl groups excluding tert-OH is 1. The molecule has 26 heavy (non-hydrogen) atoms. The average Bonchev–Trinajstić information content (AvgIpc) is 2.95. The van der Waals surface area contributed by atoms with E-state index in [4.69, 9.17) is 5.11 Å². The zero-order chi connectivity index (χ0) is 19.2. The summed E-state index contributed by atoms with van der Waals surface area (Å²) < 4.78 is 0. The summed E-state index contributed by atoms with van der Waals surface area (Å²) in [4.78, 5) is 22.4. The molecule has 0 radical (unpaired) electrons. The lowest BCUT2D eigenvalue weighted by Crippen LogP contribution is -2.14. The zero-order valence-corrected chi connectivity index (χ0v) is 15.5. The van der Waals surface area contributed by atoms with Gasteiger partial charge in [-0.1, -0.05) is 61.6 Å². The van der Waals surface area contributed by atoms with E-state index < -0.39 is 12.1 Å². The number of carboxylic acids is 1. The summed E-state index contributed by atoms with van der Waals surface area (Å²) in [7, 11) is 0. The van der Waals surface area contributed by atoms with Gasteiger partial charge in [0, 0.05) is 18.3 Å². The van der Waals surface area contributed by atoms with Gasteiger partial charge in [0.25, 0.3) is 0 Å². The molecule has 0 spiro atoms. The molecule has 0 heterocycles. The monoisotopic (exact) mass is 358 g/mol. The quantitative estimate of drug-likeness (QED) is 0.507. The molecule has 2 N–H and O–H groups in total. The molecule has 3 atom stereocenters. The van der Waals surface area contributed by atoms with Crippen LogP contribution in [-0.2, 0) is 9.59 Å². The normalized spacial score (nSPS) is 21.8. The van der Waals surface area contributed by atoms with Gasteiger partial charge in [0.05, 0.1) is 6.10 Å². The highest BCUT2D eigenvalue weighted by Crippen LogP contribution is 2.27. The standard InChI is InChI=1S/C22H30O4/c1-2-3-4-5-6-8-11-19(23)16-14-18-15-17-21(24)20(18)12-9-7-10-13-22(25)26/h3-4,6-9,14-20,23H,2,5,10-13H2,1H3,(H,25,26)/b4-3-,8-6-,9-7-,16-14+/t18-,19-,20+/m0/s1. The van der Waals surface area contributed by atoms with Crippen molar-refractivity contribution >= 4 is 11.8 Å². The Morgan fingerprint density at radius 1 is 1.19 bits per heavy atom.